The first kappa shape index (κ1) is 13.6. The number of aromatic amines is 1. The monoisotopic (exact) mass is 299 g/mol. The molecule has 2 aromatic carbocycles. The summed E-state index contributed by atoms with van der Waals surface area (Å²) in [5.41, 5.74) is 3.49. The molecule has 0 aliphatic rings. The Bertz CT molecular complexity index is 810. The fraction of sp³-hybridized carbons (Fsp3) is 0.125. The summed E-state index contributed by atoms with van der Waals surface area (Å²) >= 11 is 6.00. The van der Waals surface area contributed by atoms with Crippen molar-refractivity contribution in [1.82, 2.24) is 15.3 Å². The van der Waals surface area contributed by atoms with Crippen molar-refractivity contribution in [2.45, 2.75) is 13.5 Å². The standard InChI is InChI=1S/C16H14ClN3O/c1-10-6-7-13-14(8-10)20-15(19-13)9-18-16(21)11-4-2-3-5-12(11)17/h2-8H,9H2,1H3,(H,18,21)(H,19,20). The molecule has 1 aromatic heterocycles. The quantitative estimate of drug-likeness (QED) is 0.778. The lowest BCUT2D eigenvalue weighted by Gasteiger charge is -2.04. The van der Waals surface area contributed by atoms with Gasteiger partial charge in [0, 0.05) is 0 Å². The first-order valence-electron chi connectivity index (χ1n) is 6.61. The molecular formula is C16H14ClN3O. The highest BCUT2D eigenvalue weighted by Gasteiger charge is 2.10. The van der Waals surface area contributed by atoms with E-state index in [0.29, 0.717) is 17.1 Å². The number of nitrogens with zero attached hydrogens (tertiary/aromatic N) is 1. The van der Waals surface area contributed by atoms with Gasteiger partial charge >= 0.3 is 0 Å². The molecule has 21 heavy (non-hydrogen) atoms. The normalized spacial score (nSPS) is 10.8. The highest BCUT2D eigenvalue weighted by molar-refractivity contribution is 6.33. The molecule has 0 atom stereocenters. The third-order valence-electron chi connectivity index (χ3n) is 3.22. The maximum absolute atomic E-state index is 12.1. The lowest BCUT2D eigenvalue weighted by molar-refractivity contribution is 0.0950. The molecule has 0 radical (unpaired) electrons. The summed E-state index contributed by atoms with van der Waals surface area (Å²) in [6, 6.07) is 13.0. The molecule has 0 bridgehead atoms. The van der Waals surface area contributed by atoms with Crippen molar-refractivity contribution in [1.29, 1.82) is 0 Å². The van der Waals surface area contributed by atoms with Crippen LogP contribution in [-0.2, 0) is 6.54 Å². The fourth-order valence-electron chi connectivity index (χ4n) is 2.16. The van der Waals surface area contributed by atoms with E-state index in [4.69, 9.17) is 11.6 Å². The summed E-state index contributed by atoms with van der Waals surface area (Å²) in [6.07, 6.45) is 0. The SMILES string of the molecule is Cc1ccc2nc(CNC(=O)c3ccccc3Cl)[nH]c2c1. The number of halogens is 1. The van der Waals surface area contributed by atoms with Gasteiger partial charge in [0.15, 0.2) is 0 Å². The van der Waals surface area contributed by atoms with E-state index < -0.39 is 0 Å². The van der Waals surface area contributed by atoms with E-state index in [1.54, 1.807) is 24.3 Å². The van der Waals surface area contributed by atoms with Crippen molar-refractivity contribution in [3.05, 3.63) is 64.4 Å². The molecule has 3 rings (SSSR count). The first-order valence-corrected chi connectivity index (χ1v) is 6.99. The molecule has 5 heteroatoms. The molecule has 106 valence electrons. The van der Waals surface area contributed by atoms with Crippen LogP contribution in [0, 0.1) is 6.92 Å². The molecule has 0 fully saturated rings. The van der Waals surface area contributed by atoms with E-state index in [2.05, 4.69) is 15.3 Å². The van der Waals surface area contributed by atoms with Crippen LogP contribution in [0.4, 0.5) is 0 Å². The second kappa shape index (κ2) is 5.58. The molecule has 0 spiro atoms. The van der Waals surface area contributed by atoms with Crippen molar-refractivity contribution in [2.24, 2.45) is 0 Å². The van der Waals surface area contributed by atoms with Gasteiger partial charge in [-0.25, -0.2) is 4.98 Å². The predicted molar refractivity (Wildman–Crippen MR) is 83.5 cm³/mol. The molecule has 1 amide bonds. The maximum Gasteiger partial charge on any atom is 0.253 e. The Balaban J connectivity index is 1.74. The van der Waals surface area contributed by atoms with E-state index in [9.17, 15) is 4.79 Å². The van der Waals surface area contributed by atoms with Crippen molar-refractivity contribution < 1.29 is 4.79 Å². The summed E-state index contributed by atoms with van der Waals surface area (Å²) in [4.78, 5) is 19.7. The van der Waals surface area contributed by atoms with Gasteiger partial charge in [0.25, 0.3) is 5.91 Å². The highest BCUT2D eigenvalue weighted by Crippen LogP contribution is 2.15. The lowest BCUT2D eigenvalue weighted by atomic mass is 10.2. The van der Waals surface area contributed by atoms with Crippen LogP contribution in [0.1, 0.15) is 21.7 Å². The minimum Gasteiger partial charge on any atom is -0.345 e. The molecule has 2 N–H and O–H groups in total. The van der Waals surface area contributed by atoms with Crippen molar-refractivity contribution in [2.75, 3.05) is 0 Å². The van der Waals surface area contributed by atoms with Crippen LogP contribution in [0.5, 0.6) is 0 Å². The van der Waals surface area contributed by atoms with Crippen LogP contribution in [0.2, 0.25) is 5.02 Å². The van der Waals surface area contributed by atoms with E-state index in [0.717, 1.165) is 22.4 Å². The first-order chi connectivity index (χ1) is 10.1. The predicted octanol–water partition coefficient (Wildman–Crippen LogP) is 3.45. The van der Waals surface area contributed by atoms with Crippen LogP contribution in [-0.4, -0.2) is 15.9 Å². The minimum atomic E-state index is -0.211. The van der Waals surface area contributed by atoms with Gasteiger partial charge in [0.2, 0.25) is 0 Å². The number of aryl methyl sites for hydroxylation is 1. The Labute approximate surface area is 127 Å². The Morgan fingerprint density at radius 1 is 1.29 bits per heavy atom. The zero-order valence-corrected chi connectivity index (χ0v) is 12.2. The number of nitrogens with one attached hydrogen (secondary N) is 2. The number of carbonyl (C=O) groups is 1. The number of benzene rings is 2. The number of hydrogen-bond acceptors (Lipinski definition) is 2. The minimum absolute atomic E-state index is 0.211. The Morgan fingerprint density at radius 2 is 2.10 bits per heavy atom. The van der Waals surface area contributed by atoms with Gasteiger partial charge in [-0.05, 0) is 36.8 Å². The molecule has 3 aromatic rings. The third-order valence-corrected chi connectivity index (χ3v) is 3.55. The van der Waals surface area contributed by atoms with Gasteiger partial charge < -0.3 is 10.3 Å². The van der Waals surface area contributed by atoms with Gasteiger partial charge in [0.05, 0.1) is 28.2 Å². The van der Waals surface area contributed by atoms with Crippen LogP contribution >= 0.6 is 11.6 Å². The van der Waals surface area contributed by atoms with Crippen molar-refractivity contribution >= 4 is 28.5 Å². The Kier molecular flexibility index (Phi) is 3.62. The summed E-state index contributed by atoms with van der Waals surface area (Å²) in [7, 11) is 0. The summed E-state index contributed by atoms with van der Waals surface area (Å²) in [6.45, 7) is 2.36. The number of rotatable bonds is 3. The van der Waals surface area contributed by atoms with E-state index in [1.807, 2.05) is 25.1 Å². The van der Waals surface area contributed by atoms with E-state index >= 15 is 0 Å². The number of aromatic nitrogens is 2. The fourth-order valence-corrected chi connectivity index (χ4v) is 2.39. The number of hydrogen-bond donors (Lipinski definition) is 2. The van der Waals surface area contributed by atoms with Crippen LogP contribution in [0.3, 0.4) is 0 Å². The average molecular weight is 300 g/mol. The second-order valence-corrected chi connectivity index (χ2v) is 5.27. The molecular weight excluding hydrogens is 286 g/mol. The Morgan fingerprint density at radius 3 is 2.90 bits per heavy atom. The summed E-state index contributed by atoms with van der Waals surface area (Å²) < 4.78 is 0. The third kappa shape index (κ3) is 2.90. The topological polar surface area (TPSA) is 57.8 Å². The smallest absolute Gasteiger partial charge is 0.253 e. The molecule has 0 saturated heterocycles. The van der Waals surface area contributed by atoms with E-state index in [-0.39, 0.29) is 5.91 Å². The van der Waals surface area contributed by atoms with Crippen LogP contribution < -0.4 is 5.32 Å². The number of fused-ring (bicyclic) bond motifs is 1. The second-order valence-electron chi connectivity index (χ2n) is 4.87. The largest absolute Gasteiger partial charge is 0.345 e. The molecule has 0 aliphatic heterocycles. The van der Waals surface area contributed by atoms with Crippen LogP contribution in [0.15, 0.2) is 42.5 Å². The van der Waals surface area contributed by atoms with Crippen molar-refractivity contribution in [3.63, 3.8) is 0 Å². The van der Waals surface area contributed by atoms with Gasteiger partial charge in [-0.3, -0.25) is 4.79 Å². The number of amides is 1. The lowest BCUT2D eigenvalue weighted by Crippen LogP contribution is -2.23. The van der Waals surface area contributed by atoms with Gasteiger partial charge in [0.1, 0.15) is 5.82 Å². The number of H-pyrrole nitrogens is 1. The number of carbonyl (C=O) groups excluding carboxylic acids is 1. The molecule has 0 saturated carbocycles. The highest BCUT2D eigenvalue weighted by atomic mass is 35.5. The average Bonchev–Trinajstić information content (AvgIpc) is 2.87. The number of imidazole rings is 1. The summed E-state index contributed by atoms with van der Waals surface area (Å²) in [5.74, 6) is 0.508. The molecule has 1 heterocycles. The van der Waals surface area contributed by atoms with Crippen molar-refractivity contribution in [3.8, 4) is 0 Å². The van der Waals surface area contributed by atoms with Gasteiger partial charge in [-0.1, -0.05) is 29.8 Å². The van der Waals surface area contributed by atoms with Gasteiger partial charge in [-0.15, -0.1) is 0 Å². The Hall–Kier alpha value is -2.33. The summed E-state index contributed by atoms with van der Waals surface area (Å²) in [5, 5.41) is 3.25. The maximum atomic E-state index is 12.1. The zero-order chi connectivity index (χ0) is 14.8. The molecule has 4 nitrogen and oxygen atoms in total. The van der Waals surface area contributed by atoms with E-state index in [1.165, 1.54) is 0 Å². The van der Waals surface area contributed by atoms with Crippen LogP contribution in [0.25, 0.3) is 11.0 Å². The molecule has 0 unspecified atom stereocenters. The van der Waals surface area contributed by atoms with Gasteiger partial charge in [-0.2, -0.15) is 0 Å². The zero-order valence-electron chi connectivity index (χ0n) is 11.5. The molecule has 0 aliphatic carbocycles.